The van der Waals surface area contributed by atoms with Gasteiger partial charge in [-0.2, -0.15) is 0 Å². The molecule has 0 aliphatic heterocycles. The molecule has 2 aromatic rings. The van der Waals surface area contributed by atoms with Crippen LogP contribution in [0.25, 0.3) is 0 Å². The maximum atomic E-state index is 15.5. The third-order valence-corrected chi connectivity index (χ3v) is 23.2. The third-order valence-electron chi connectivity index (χ3n) is 14.2. The number of carbonyl (C=O) groups is 4. The lowest BCUT2D eigenvalue weighted by molar-refractivity contribution is -0.154. The molecule has 0 aliphatic rings. The second-order valence-electron chi connectivity index (χ2n) is 26.4. The first-order valence-corrected chi connectivity index (χ1v) is 32.9. The summed E-state index contributed by atoms with van der Waals surface area (Å²) in [4.78, 5) is 59.2. The second kappa shape index (κ2) is 28.1. The van der Waals surface area contributed by atoms with Gasteiger partial charge in [0.2, 0.25) is 11.8 Å². The van der Waals surface area contributed by atoms with Gasteiger partial charge in [-0.05, 0) is 139 Å². The summed E-state index contributed by atoms with van der Waals surface area (Å²) in [7, 11) is -5.16. The van der Waals surface area contributed by atoms with E-state index >= 15 is 9.59 Å². The summed E-state index contributed by atoms with van der Waals surface area (Å²) >= 11 is 0. The quantitative estimate of drug-likeness (QED) is 0.0562. The molecule has 0 aromatic heterocycles. The standard InChI is InChI=1S/C58H102N4O10Si2/c1-39(2)35-44(60-53(67)69-55(5,6)7)47(71-73(17,18)57(11,12)13)31-33-49(63)62(46(38-42-29-25-22-26-30-42)52(66)51(65)43(59)37-41-27-23-21-24-28-41)50(64)34-32-48(72-74(19,20)58(14,15)16)45(36-40(3)4)61-54(68)70-56(8,9)10/h21-30,39-40,43-48,51-52,65-66H,31-38,59H2,1-20H3,(H,60,67)(H,61,68)/t43-,44-,45-,46-,47-,48-,51-,52-/m0/s1. The van der Waals surface area contributed by atoms with Crippen molar-refractivity contribution < 1.29 is 47.7 Å². The lowest BCUT2D eigenvalue weighted by Crippen LogP contribution is -2.59. The Labute approximate surface area is 449 Å². The lowest BCUT2D eigenvalue weighted by Gasteiger charge is -2.43. The van der Waals surface area contributed by atoms with E-state index < -0.39 is 100 Å². The van der Waals surface area contributed by atoms with Gasteiger partial charge in [0.25, 0.3) is 0 Å². The topological polar surface area (TPSA) is 199 Å². The largest absolute Gasteiger partial charge is 0.444 e. The van der Waals surface area contributed by atoms with Gasteiger partial charge < -0.3 is 44.9 Å². The maximum absolute atomic E-state index is 15.5. The summed E-state index contributed by atoms with van der Waals surface area (Å²) in [6, 6.07) is 15.3. The van der Waals surface area contributed by atoms with Crippen molar-refractivity contribution in [3.8, 4) is 0 Å². The minimum atomic E-state index is -2.58. The number of aliphatic hydroxyl groups is 2. The van der Waals surface area contributed by atoms with E-state index in [1.807, 2.05) is 60.7 Å². The van der Waals surface area contributed by atoms with Crippen molar-refractivity contribution >= 4 is 40.6 Å². The molecule has 16 heteroatoms. The van der Waals surface area contributed by atoms with Gasteiger partial charge in [0.15, 0.2) is 16.6 Å². The molecule has 0 spiro atoms. The first kappa shape index (κ1) is 66.5. The minimum Gasteiger partial charge on any atom is -0.444 e. The Hall–Kier alpha value is -3.65. The van der Waals surface area contributed by atoms with Crippen LogP contribution in [0.2, 0.25) is 36.3 Å². The fourth-order valence-electron chi connectivity index (χ4n) is 8.33. The Bertz CT molecular complexity index is 1930. The number of nitrogens with zero attached hydrogens (tertiary/aromatic N) is 1. The maximum Gasteiger partial charge on any atom is 0.407 e. The van der Waals surface area contributed by atoms with Crippen LogP contribution in [0, 0.1) is 11.8 Å². The molecule has 0 bridgehead atoms. The SMILES string of the molecule is CC(C)C[C@H](NC(=O)OC(C)(C)C)[C@H](CCC(=O)N(C(=O)CC[C@H](O[Si](C)(C)C(C)(C)C)[C@H](CC(C)C)NC(=O)OC(C)(C)C)[C@@H](Cc1ccccc1)[C@H](O)[C@@H](O)[C@@H](N)Cc1ccccc1)O[Si](C)(C)C(C)(C)C. The van der Waals surface area contributed by atoms with Crippen LogP contribution in [0.5, 0.6) is 0 Å². The number of nitrogens with two attached hydrogens (primary N) is 1. The van der Waals surface area contributed by atoms with E-state index in [4.69, 9.17) is 24.1 Å². The molecular weight excluding hydrogens is 969 g/mol. The molecule has 422 valence electrons. The molecule has 0 fully saturated rings. The smallest absolute Gasteiger partial charge is 0.407 e. The summed E-state index contributed by atoms with van der Waals surface area (Å²) in [5.41, 5.74) is 6.75. The van der Waals surface area contributed by atoms with E-state index in [0.717, 1.165) is 16.0 Å². The first-order chi connectivity index (χ1) is 33.7. The van der Waals surface area contributed by atoms with Crippen molar-refractivity contribution in [1.82, 2.24) is 15.5 Å². The van der Waals surface area contributed by atoms with E-state index in [1.54, 1.807) is 41.5 Å². The number of alkyl carbamates (subject to hydrolysis) is 2. The van der Waals surface area contributed by atoms with Crippen LogP contribution in [0.15, 0.2) is 60.7 Å². The molecule has 0 saturated heterocycles. The molecule has 2 aromatic carbocycles. The third kappa shape index (κ3) is 22.9. The molecule has 2 rings (SSSR count). The van der Waals surface area contributed by atoms with Crippen LogP contribution in [0.4, 0.5) is 9.59 Å². The van der Waals surface area contributed by atoms with E-state index in [9.17, 15) is 19.8 Å². The summed E-state index contributed by atoms with van der Waals surface area (Å²) < 4.78 is 25.8. The molecule has 74 heavy (non-hydrogen) atoms. The zero-order chi connectivity index (χ0) is 56.8. The number of hydrogen-bond acceptors (Lipinski definition) is 11. The Kier molecular flexibility index (Phi) is 25.3. The van der Waals surface area contributed by atoms with E-state index in [2.05, 4.69) is 106 Å². The number of nitrogens with one attached hydrogen (secondary N) is 2. The monoisotopic (exact) mass is 1070 g/mol. The van der Waals surface area contributed by atoms with Crippen LogP contribution in [0.1, 0.15) is 160 Å². The summed E-state index contributed by atoms with van der Waals surface area (Å²) in [6.07, 6.45) is -4.72. The van der Waals surface area contributed by atoms with Crippen molar-refractivity contribution in [1.29, 1.82) is 0 Å². The van der Waals surface area contributed by atoms with Gasteiger partial charge >= 0.3 is 12.2 Å². The van der Waals surface area contributed by atoms with Crippen LogP contribution >= 0.6 is 0 Å². The predicted molar refractivity (Wildman–Crippen MR) is 304 cm³/mol. The van der Waals surface area contributed by atoms with E-state index in [1.165, 1.54) is 0 Å². The molecule has 0 saturated carbocycles. The molecule has 0 unspecified atom stereocenters. The fourth-order valence-corrected chi connectivity index (χ4v) is 11.1. The van der Waals surface area contributed by atoms with Crippen LogP contribution in [-0.2, 0) is 40.8 Å². The fraction of sp³-hybridized carbons (Fsp3) is 0.724. The van der Waals surface area contributed by atoms with Gasteiger partial charge in [0, 0.05) is 18.9 Å². The highest BCUT2D eigenvalue weighted by Crippen LogP contribution is 2.40. The Morgan fingerprint density at radius 2 is 0.905 bits per heavy atom. The Balaban J connectivity index is 2.91. The molecule has 4 amide bonds. The Morgan fingerprint density at radius 1 is 0.568 bits per heavy atom. The van der Waals surface area contributed by atoms with Crippen molar-refractivity contribution in [2.24, 2.45) is 17.6 Å². The van der Waals surface area contributed by atoms with Crippen molar-refractivity contribution in [3.63, 3.8) is 0 Å². The molecule has 6 N–H and O–H groups in total. The lowest BCUT2D eigenvalue weighted by atomic mass is 9.89. The van der Waals surface area contributed by atoms with Gasteiger partial charge in [0.05, 0.1) is 36.4 Å². The van der Waals surface area contributed by atoms with Crippen LogP contribution in [0.3, 0.4) is 0 Å². The molecule has 8 atom stereocenters. The number of benzene rings is 2. The van der Waals surface area contributed by atoms with Crippen molar-refractivity contribution in [2.75, 3.05) is 0 Å². The highest BCUT2D eigenvalue weighted by atomic mass is 28.4. The van der Waals surface area contributed by atoms with Crippen molar-refractivity contribution in [3.05, 3.63) is 71.8 Å². The number of ether oxygens (including phenoxy) is 2. The van der Waals surface area contributed by atoms with E-state index in [-0.39, 0.29) is 60.4 Å². The number of amides is 4. The highest BCUT2D eigenvalue weighted by molar-refractivity contribution is 6.74. The predicted octanol–water partition coefficient (Wildman–Crippen LogP) is 11.5. The number of aliphatic hydroxyl groups excluding tert-OH is 2. The molecular formula is C58H102N4O10Si2. The minimum absolute atomic E-state index is 0.00868. The summed E-state index contributed by atoms with van der Waals surface area (Å²) in [5, 5.41) is 30.3. The van der Waals surface area contributed by atoms with Gasteiger partial charge in [-0.25, -0.2) is 9.59 Å². The molecule has 0 aliphatic carbocycles. The van der Waals surface area contributed by atoms with Gasteiger partial charge in [-0.1, -0.05) is 130 Å². The average Bonchev–Trinajstić information content (AvgIpc) is 3.23. The normalized spacial score (nSPS) is 16.3. The van der Waals surface area contributed by atoms with E-state index in [0.29, 0.717) is 12.8 Å². The van der Waals surface area contributed by atoms with Gasteiger partial charge in [-0.15, -0.1) is 0 Å². The second-order valence-corrected chi connectivity index (χ2v) is 35.9. The molecule has 14 nitrogen and oxygen atoms in total. The van der Waals surface area contributed by atoms with Crippen LogP contribution in [-0.4, -0.2) is 116 Å². The first-order valence-electron chi connectivity index (χ1n) is 27.1. The Morgan fingerprint density at radius 3 is 1.22 bits per heavy atom. The van der Waals surface area contributed by atoms with Crippen LogP contribution < -0.4 is 16.4 Å². The molecule has 0 heterocycles. The zero-order valence-electron chi connectivity index (χ0n) is 49.4. The van der Waals surface area contributed by atoms with Gasteiger partial charge in [0.1, 0.15) is 17.3 Å². The molecule has 0 radical (unpaired) electrons. The highest BCUT2D eigenvalue weighted by Gasteiger charge is 2.45. The number of imide groups is 1. The average molecular weight is 1070 g/mol. The zero-order valence-corrected chi connectivity index (χ0v) is 51.4. The van der Waals surface area contributed by atoms with Crippen molar-refractivity contribution in [2.45, 2.75) is 258 Å². The number of carbonyl (C=O) groups excluding carboxylic acids is 4. The number of hydrogen-bond donors (Lipinski definition) is 5. The summed E-state index contributed by atoms with van der Waals surface area (Å²) in [6.45, 7) is 40.3. The summed E-state index contributed by atoms with van der Waals surface area (Å²) in [5.74, 6) is -0.939. The van der Waals surface area contributed by atoms with Gasteiger partial charge in [-0.3, -0.25) is 14.5 Å². The number of rotatable bonds is 26.